The van der Waals surface area contributed by atoms with E-state index in [1.807, 2.05) is 45.0 Å². The second-order valence-electron chi connectivity index (χ2n) is 7.20. The van der Waals surface area contributed by atoms with Crippen LogP contribution in [0.4, 0.5) is 0 Å². The maximum absolute atomic E-state index is 12.3. The Hall–Kier alpha value is -1.55. The molecule has 134 valence electrons. The molecule has 1 N–H and O–H groups in total. The van der Waals surface area contributed by atoms with Crippen molar-refractivity contribution in [3.05, 3.63) is 29.8 Å². The maximum Gasteiger partial charge on any atom is 0.249 e. The first-order chi connectivity index (χ1) is 11.4. The molecule has 1 fully saturated rings. The lowest BCUT2D eigenvalue weighted by molar-refractivity contribution is -0.137. The van der Waals surface area contributed by atoms with Crippen molar-refractivity contribution >= 4 is 5.91 Å². The Morgan fingerprint density at radius 1 is 1.29 bits per heavy atom. The molecule has 3 atom stereocenters. The summed E-state index contributed by atoms with van der Waals surface area (Å²) in [5.74, 6) is 1.48. The van der Waals surface area contributed by atoms with Crippen LogP contribution in [0.3, 0.4) is 0 Å². The standard InChI is InChI=1S/C20H31NO3/c1-14(2)23-19-10-6-8-17(12-19)13-21-20(22)16(4)24-18-9-5-7-15(3)11-18/h6,8,10,12,14-16,18H,5,7,9,11,13H2,1-4H3,(H,21,22). The van der Waals surface area contributed by atoms with E-state index >= 15 is 0 Å². The number of carbonyl (C=O) groups excluding carboxylic acids is 1. The topological polar surface area (TPSA) is 47.6 Å². The van der Waals surface area contributed by atoms with E-state index in [4.69, 9.17) is 9.47 Å². The van der Waals surface area contributed by atoms with Gasteiger partial charge in [-0.25, -0.2) is 0 Å². The molecule has 4 heteroatoms. The van der Waals surface area contributed by atoms with Crippen molar-refractivity contribution in [1.82, 2.24) is 5.32 Å². The lowest BCUT2D eigenvalue weighted by Gasteiger charge is -2.29. The molecule has 1 saturated carbocycles. The molecular weight excluding hydrogens is 302 g/mol. The zero-order valence-corrected chi connectivity index (χ0v) is 15.4. The largest absolute Gasteiger partial charge is 0.491 e. The van der Waals surface area contributed by atoms with Crippen LogP contribution >= 0.6 is 0 Å². The van der Waals surface area contributed by atoms with Crippen LogP contribution in [-0.4, -0.2) is 24.2 Å². The summed E-state index contributed by atoms with van der Waals surface area (Å²) in [5, 5.41) is 2.96. The highest BCUT2D eigenvalue weighted by Crippen LogP contribution is 2.26. The molecule has 0 radical (unpaired) electrons. The fraction of sp³-hybridized carbons (Fsp3) is 0.650. The van der Waals surface area contributed by atoms with Crippen molar-refractivity contribution in [3.63, 3.8) is 0 Å². The van der Waals surface area contributed by atoms with E-state index in [2.05, 4.69) is 12.2 Å². The molecule has 1 aromatic rings. The number of amides is 1. The summed E-state index contributed by atoms with van der Waals surface area (Å²) >= 11 is 0. The van der Waals surface area contributed by atoms with E-state index in [9.17, 15) is 4.79 Å². The maximum atomic E-state index is 12.3. The monoisotopic (exact) mass is 333 g/mol. The summed E-state index contributed by atoms with van der Waals surface area (Å²) in [6.07, 6.45) is 4.55. The molecule has 2 rings (SSSR count). The fourth-order valence-corrected chi connectivity index (χ4v) is 3.19. The molecule has 3 unspecified atom stereocenters. The van der Waals surface area contributed by atoms with Gasteiger partial charge in [-0.2, -0.15) is 0 Å². The van der Waals surface area contributed by atoms with Crippen LogP contribution in [0.1, 0.15) is 58.9 Å². The van der Waals surface area contributed by atoms with Crippen LogP contribution < -0.4 is 10.1 Å². The van der Waals surface area contributed by atoms with Crippen LogP contribution in [0.15, 0.2) is 24.3 Å². The molecule has 0 aliphatic heterocycles. The molecule has 1 amide bonds. The normalized spacial score (nSPS) is 22.2. The van der Waals surface area contributed by atoms with Crippen molar-refractivity contribution in [2.45, 2.75) is 78.2 Å². The van der Waals surface area contributed by atoms with Crippen molar-refractivity contribution in [2.75, 3.05) is 0 Å². The molecule has 24 heavy (non-hydrogen) atoms. The van der Waals surface area contributed by atoms with Gasteiger partial charge in [-0.3, -0.25) is 4.79 Å². The number of nitrogens with one attached hydrogen (secondary N) is 1. The number of hydrogen-bond acceptors (Lipinski definition) is 3. The van der Waals surface area contributed by atoms with E-state index in [1.54, 1.807) is 0 Å². The SMILES string of the molecule is CC1CCCC(OC(C)C(=O)NCc2cccc(OC(C)C)c2)C1. The zero-order chi connectivity index (χ0) is 17.5. The van der Waals surface area contributed by atoms with Gasteiger partial charge >= 0.3 is 0 Å². The third-order valence-corrected chi connectivity index (χ3v) is 4.39. The molecule has 0 heterocycles. The van der Waals surface area contributed by atoms with Gasteiger partial charge in [0.05, 0.1) is 12.2 Å². The molecule has 0 spiro atoms. The Morgan fingerprint density at radius 3 is 2.79 bits per heavy atom. The Bertz CT molecular complexity index is 529. The lowest BCUT2D eigenvalue weighted by Crippen LogP contribution is -2.37. The number of rotatable bonds is 7. The molecule has 4 nitrogen and oxygen atoms in total. The van der Waals surface area contributed by atoms with Crippen LogP contribution in [0.5, 0.6) is 5.75 Å². The molecule has 1 aliphatic carbocycles. The van der Waals surface area contributed by atoms with Crippen LogP contribution in [-0.2, 0) is 16.1 Å². The van der Waals surface area contributed by atoms with Gasteiger partial charge < -0.3 is 14.8 Å². The first-order valence-electron chi connectivity index (χ1n) is 9.12. The van der Waals surface area contributed by atoms with E-state index in [-0.39, 0.29) is 18.1 Å². The third-order valence-electron chi connectivity index (χ3n) is 4.39. The third kappa shape index (κ3) is 6.16. The van der Waals surface area contributed by atoms with E-state index in [0.29, 0.717) is 12.5 Å². The van der Waals surface area contributed by atoms with Gasteiger partial charge in [0.2, 0.25) is 5.91 Å². The number of benzene rings is 1. The Labute approximate surface area is 145 Å². The first-order valence-corrected chi connectivity index (χ1v) is 9.12. The van der Waals surface area contributed by atoms with Crippen molar-refractivity contribution < 1.29 is 14.3 Å². The molecule has 0 saturated heterocycles. The first kappa shape index (κ1) is 18.8. The Kier molecular flexibility index (Phi) is 7.10. The minimum absolute atomic E-state index is 0.0524. The molecule has 0 bridgehead atoms. The minimum atomic E-state index is -0.407. The molecule has 0 aromatic heterocycles. The van der Waals surface area contributed by atoms with Crippen molar-refractivity contribution in [3.8, 4) is 5.75 Å². The summed E-state index contributed by atoms with van der Waals surface area (Å²) in [6, 6.07) is 7.83. The average molecular weight is 333 g/mol. The lowest BCUT2D eigenvalue weighted by atomic mass is 9.88. The second kappa shape index (κ2) is 9.07. The van der Waals surface area contributed by atoms with Crippen LogP contribution in [0, 0.1) is 5.92 Å². The molecular formula is C20H31NO3. The summed E-state index contributed by atoms with van der Waals surface area (Å²) < 4.78 is 11.6. The second-order valence-corrected chi connectivity index (χ2v) is 7.20. The van der Waals surface area contributed by atoms with Crippen molar-refractivity contribution in [2.24, 2.45) is 5.92 Å². The minimum Gasteiger partial charge on any atom is -0.491 e. The Balaban J connectivity index is 1.79. The summed E-state index contributed by atoms with van der Waals surface area (Å²) in [7, 11) is 0. The van der Waals surface area contributed by atoms with E-state index in [0.717, 1.165) is 24.2 Å². The van der Waals surface area contributed by atoms with Gasteiger partial charge in [0.1, 0.15) is 11.9 Å². The highest BCUT2D eigenvalue weighted by molar-refractivity contribution is 5.80. The summed E-state index contributed by atoms with van der Waals surface area (Å²) in [5.41, 5.74) is 1.03. The van der Waals surface area contributed by atoms with Gasteiger partial charge in [0.15, 0.2) is 0 Å². The average Bonchev–Trinajstić information content (AvgIpc) is 2.52. The smallest absolute Gasteiger partial charge is 0.249 e. The van der Waals surface area contributed by atoms with E-state index < -0.39 is 6.10 Å². The number of hydrogen-bond donors (Lipinski definition) is 1. The quantitative estimate of drug-likeness (QED) is 0.818. The zero-order valence-electron chi connectivity index (χ0n) is 15.4. The molecule has 1 aromatic carbocycles. The highest BCUT2D eigenvalue weighted by Gasteiger charge is 2.23. The number of carbonyl (C=O) groups is 1. The summed E-state index contributed by atoms with van der Waals surface area (Å²) in [6.45, 7) is 8.58. The number of ether oxygens (including phenoxy) is 2. The molecule has 1 aliphatic rings. The van der Waals surface area contributed by atoms with Gasteiger partial charge in [0.25, 0.3) is 0 Å². The van der Waals surface area contributed by atoms with Gasteiger partial charge in [-0.05, 0) is 57.2 Å². The highest BCUT2D eigenvalue weighted by atomic mass is 16.5. The predicted molar refractivity (Wildman–Crippen MR) is 96.0 cm³/mol. The Morgan fingerprint density at radius 2 is 2.08 bits per heavy atom. The van der Waals surface area contributed by atoms with Crippen molar-refractivity contribution in [1.29, 1.82) is 0 Å². The van der Waals surface area contributed by atoms with Gasteiger partial charge in [-0.15, -0.1) is 0 Å². The van der Waals surface area contributed by atoms with Gasteiger partial charge in [-0.1, -0.05) is 31.9 Å². The predicted octanol–water partition coefficient (Wildman–Crippen LogP) is 4.07. The van der Waals surface area contributed by atoms with Gasteiger partial charge in [0, 0.05) is 6.54 Å². The fourth-order valence-electron chi connectivity index (χ4n) is 3.19. The van der Waals surface area contributed by atoms with Crippen LogP contribution in [0.2, 0.25) is 0 Å². The van der Waals surface area contributed by atoms with Crippen LogP contribution in [0.25, 0.3) is 0 Å². The van der Waals surface area contributed by atoms with E-state index in [1.165, 1.54) is 12.8 Å². The summed E-state index contributed by atoms with van der Waals surface area (Å²) in [4.78, 5) is 12.3.